The fourth-order valence-corrected chi connectivity index (χ4v) is 5.58. The van der Waals surface area contributed by atoms with Gasteiger partial charge in [-0.1, -0.05) is 141 Å². The van der Waals surface area contributed by atoms with Crippen LogP contribution in [0.15, 0.2) is 130 Å². The summed E-state index contributed by atoms with van der Waals surface area (Å²) in [6, 6.07) is 0. The molecular weight excluding hydrogens is 544 g/mol. The first-order chi connectivity index (χ1) is 20.5. The van der Waals surface area contributed by atoms with Crippen molar-refractivity contribution < 1.29 is 20.1 Å². The SMILES string of the molecule is CC(C=CC=C(C)C=CC1=C(C)CCC(O)C1(C)C)=CC=CC=C(C)C=CC=C(C)C=CC1=C(C)C(=O)C(O)C(O)C1(C)C. The molecule has 4 heteroatoms. The van der Waals surface area contributed by atoms with E-state index in [4.69, 9.17) is 0 Å². The van der Waals surface area contributed by atoms with Gasteiger partial charge in [0.05, 0.1) is 12.2 Å². The van der Waals surface area contributed by atoms with Crippen molar-refractivity contribution in [3.8, 4) is 0 Å². The van der Waals surface area contributed by atoms with Gasteiger partial charge in [0, 0.05) is 10.8 Å². The van der Waals surface area contributed by atoms with Crippen LogP contribution in [0.4, 0.5) is 0 Å². The number of ketones is 1. The van der Waals surface area contributed by atoms with E-state index >= 15 is 0 Å². The minimum absolute atomic E-state index is 0.221. The monoisotopic (exact) mass is 598 g/mol. The number of hydrogen-bond acceptors (Lipinski definition) is 4. The van der Waals surface area contributed by atoms with Crippen molar-refractivity contribution in [3.05, 3.63) is 130 Å². The lowest BCUT2D eigenvalue weighted by atomic mass is 9.69. The Labute approximate surface area is 266 Å². The third-order valence-electron chi connectivity index (χ3n) is 8.85. The summed E-state index contributed by atoms with van der Waals surface area (Å²) in [7, 11) is 0. The molecule has 0 aliphatic heterocycles. The number of carbonyl (C=O) groups is 1. The molecule has 0 saturated carbocycles. The maximum absolute atomic E-state index is 12.3. The second-order valence-electron chi connectivity index (χ2n) is 13.4. The normalized spacial score (nSPS) is 26.2. The zero-order valence-electron chi connectivity index (χ0n) is 28.5. The van der Waals surface area contributed by atoms with Crippen LogP contribution in [0.5, 0.6) is 0 Å². The quantitative estimate of drug-likeness (QED) is 0.220. The van der Waals surface area contributed by atoms with Crippen molar-refractivity contribution in [1.82, 2.24) is 0 Å². The smallest absolute Gasteiger partial charge is 0.189 e. The zero-order valence-corrected chi connectivity index (χ0v) is 28.5. The standard InChI is InChI=1S/C40H54O4/c1-27(17-13-19-29(3)21-24-33-31(5)23-26-35(41)39(33,7)8)15-11-12-16-28(2)18-14-20-30(4)22-25-34-32(6)36(42)37(43)38(44)40(34,9)10/h11-22,24-25,35,37-38,41,43-44H,23,26H2,1-10H3. The number of aliphatic hydroxyl groups excluding tert-OH is 3. The van der Waals surface area contributed by atoms with Crippen LogP contribution in [0, 0.1) is 10.8 Å². The molecule has 0 heterocycles. The highest BCUT2D eigenvalue weighted by molar-refractivity contribution is 6.01. The Kier molecular flexibility index (Phi) is 13.5. The van der Waals surface area contributed by atoms with Gasteiger partial charge in [0.2, 0.25) is 0 Å². The minimum atomic E-state index is -1.38. The van der Waals surface area contributed by atoms with Crippen LogP contribution < -0.4 is 0 Å². The van der Waals surface area contributed by atoms with Gasteiger partial charge in [0.25, 0.3) is 0 Å². The third-order valence-corrected chi connectivity index (χ3v) is 8.85. The van der Waals surface area contributed by atoms with Crippen LogP contribution in [0.2, 0.25) is 0 Å². The van der Waals surface area contributed by atoms with Crippen LogP contribution in [0.1, 0.15) is 82.1 Å². The Morgan fingerprint density at radius 3 is 1.59 bits per heavy atom. The lowest BCUT2D eigenvalue weighted by molar-refractivity contribution is -0.135. The molecule has 2 aliphatic rings. The van der Waals surface area contributed by atoms with Crippen LogP contribution in [-0.4, -0.2) is 39.4 Å². The molecule has 4 nitrogen and oxygen atoms in total. The maximum atomic E-state index is 12.3. The van der Waals surface area contributed by atoms with Crippen molar-refractivity contribution in [2.24, 2.45) is 10.8 Å². The molecule has 0 aromatic heterocycles. The van der Waals surface area contributed by atoms with Gasteiger partial charge in [-0.2, -0.15) is 0 Å². The fourth-order valence-electron chi connectivity index (χ4n) is 5.58. The summed E-state index contributed by atoms with van der Waals surface area (Å²) < 4.78 is 0. The number of carbonyl (C=O) groups excluding carboxylic acids is 1. The van der Waals surface area contributed by atoms with Crippen molar-refractivity contribution in [2.45, 2.75) is 100 Å². The highest BCUT2D eigenvalue weighted by Crippen LogP contribution is 2.41. The Balaban J connectivity index is 1.95. The summed E-state index contributed by atoms with van der Waals surface area (Å²) in [5, 5.41) is 30.9. The van der Waals surface area contributed by atoms with E-state index in [1.165, 1.54) is 11.1 Å². The second kappa shape index (κ2) is 16.1. The molecule has 0 amide bonds. The van der Waals surface area contributed by atoms with E-state index in [9.17, 15) is 20.1 Å². The minimum Gasteiger partial charge on any atom is -0.392 e. The van der Waals surface area contributed by atoms with Gasteiger partial charge in [-0.05, 0) is 71.1 Å². The van der Waals surface area contributed by atoms with E-state index in [0.717, 1.165) is 40.7 Å². The van der Waals surface area contributed by atoms with Gasteiger partial charge in [-0.25, -0.2) is 0 Å². The average Bonchev–Trinajstić information content (AvgIpc) is 2.95. The predicted molar refractivity (Wildman–Crippen MR) is 186 cm³/mol. The molecule has 0 aromatic rings. The Hall–Kier alpha value is -3.31. The molecule has 0 spiro atoms. The average molecular weight is 599 g/mol. The molecule has 2 rings (SSSR count). The van der Waals surface area contributed by atoms with Gasteiger partial charge in [0.1, 0.15) is 6.10 Å². The van der Waals surface area contributed by atoms with E-state index in [1.54, 1.807) is 6.92 Å². The highest BCUT2D eigenvalue weighted by atomic mass is 16.3. The van der Waals surface area contributed by atoms with Crippen LogP contribution >= 0.6 is 0 Å². The summed E-state index contributed by atoms with van der Waals surface area (Å²) >= 11 is 0. The second-order valence-corrected chi connectivity index (χ2v) is 13.4. The lowest BCUT2D eigenvalue weighted by Gasteiger charge is -2.39. The summed E-state index contributed by atoms with van der Waals surface area (Å²) in [5.74, 6) is -0.419. The zero-order chi connectivity index (χ0) is 33.2. The van der Waals surface area contributed by atoms with Crippen molar-refractivity contribution in [2.75, 3.05) is 0 Å². The van der Waals surface area contributed by atoms with Crippen molar-refractivity contribution in [3.63, 3.8) is 0 Å². The third kappa shape index (κ3) is 9.85. The Morgan fingerprint density at radius 2 is 1.09 bits per heavy atom. The van der Waals surface area contributed by atoms with E-state index in [2.05, 4.69) is 77.2 Å². The van der Waals surface area contributed by atoms with E-state index in [-0.39, 0.29) is 11.5 Å². The van der Waals surface area contributed by atoms with E-state index < -0.39 is 23.4 Å². The van der Waals surface area contributed by atoms with E-state index in [1.807, 2.05) is 70.2 Å². The highest BCUT2D eigenvalue weighted by Gasteiger charge is 2.45. The molecule has 0 radical (unpaired) electrons. The van der Waals surface area contributed by atoms with Crippen LogP contribution in [0.25, 0.3) is 0 Å². The number of hydrogen-bond donors (Lipinski definition) is 3. The number of rotatable bonds is 10. The number of aliphatic hydroxyl groups is 3. The van der Waals surface area contributed by atoms with E-state index in [0.29, 0.717) is 5.57 Å². The van der Waals surface area contributed by atoms with Gasteiger partial charge in [-0.3, -0.25) is 4.79 Å². The molecule has 44 heavy (non-hydrogen) atoms. The molecule has 2 aliphatic carbocycles. The van der Waals surface area contributed by atoms with Crippen LogP contribution in [-0.2, 0) is 4.79 Å². The molecule has 238 valence electrons. The summed E-state index contributed by atoms with van der Waals surface area (Å²) in [6.45, 7) is 20.0. The summed E-state index contributed by atoms with van der Waals surface area (Å²) in [4.78, 5) is 12.3. The summed E-state index contributed by atoms with van der Waals surface area (Å²) in [6.07, 6.45) is 27.5. The van der Waals surface area contributed by atoms with Crippen molar-refractivity contribution in [1.29, 1.82) is 0 Å². The van der Waals surface area contributed by atoms with Gasteiger partial charge in [-0.15, -0.1) is 0 Å². The van der Waals surface area contributed by atoms with Gasteiger partial charge >= 0.3 is 0 Å². The van der Waals surface area contributed by atoms with Gasteiger partial charge in [0.15, 0.2) is 5.78 Å². The molecule has 3 atom stereocenters. The lowest BCUT2D eigenvalue weighted by Crippen LogP contribution is -2.49. The fraction of sp³-hybridized carbons (Fsp3) is 0.425. The predicted octanol–water partition coefficient (Wildman–Crippen LogP) is 8.70. The molecule has 0 aromatic carbocycles. The molecule has 0 saturated heterocycles. The van der Waals surface area contributed by atoms with Crippen LogP contribution in [0.3, 0.4) is 0 Å². The number of allylic oxidation sites excluding steroid dienone is 19. The molecule has 0 fully saturated rings. The molecule has 0 bridgehead atoms. The van der Waals surface area contributed by atoms with Gasteiger partial charge < -0.3 is 15.3 Å². The first-order valence-corrected chi connectivity index (χ1v) is 15.6. The largest absolute Gasteiger partial charge is 0.392 e. The summed E-state index contributed by atoms with van der Waals surface area (Å²) in [5.41, 5.74) is 7.31. The molecule has 3 N–H and O–H groups in total. The molecule has 3 unspecified atom stereocenters. The topological polar surface area (TPSA) is 77.8 Å². The molecular formula is C40H54O4. The Bertz CT molecular complexity index is 1410. The van der Waals surface area contributed by atoms with Crippen molar-refractivity contribution >= 4 is 5.78 Å². The number of Topliss-reactive ketones (excluding diaryl/α,β-unsaturated/α-hetero) is 1. The first-order valence-electron chi connectivity index (χ1n) is 15.6. The maximum Gasteiger partial charge on any atom is 0.189 e. The first kappa shape index (κ1) is 36.9. The Morgan fingerprint density at radius 1 is 0.659 bits per heavy atom.